The van der Waals surface area contributed by atoms with Gasteiger partial charge in [-0.25, -0.2) is 0 Å². The Hall–Kier alpha value is -0.860. The van der Waals surface area contributed by atoms with Gasteiger partial charge in [-0.05, 0) is 29.7 Å². The van der Waals surface area contributed by atoms with Gasteiger partial charge in [0.05, 0.1) is 13.2 Å². The van der Waals surface area contributed by atoms with Crippen molar-refractivity contribution in [1.82, 2.24) is 0 Å². The van der Waals surface area contributed by atoms with E-state index in [0.29, 0.717) is 0 Å². The Morgan fingerprint density at radius 1 is 1.58 bits per heavy atom. The molecule has 0 spiro atoms. The normalized spacial score (nSPS) is 21.0. The van der Waals surface area contributed by atoms with Gasteiger partial charge in [-0.3, -0.25) is 0 Å². The van der Waals surface area contributed by atoms with Gasteiger partial charge < -0.3 is 9.84 Å². The number of aliphatic hydroxyl groups excluding tert-OH is 1. The van der Waals surface area contributed by atoms with Crippen molar-refractivity contribution in [2.45, 2.75) is 13.0 Å². The van der Waals surface area contributed by atoms with Crippen molar-refractivity contribution in [2.75, 3.05) is 13.2 Å². The minimum Gasteiger partial charge on any atom is -0.394 e. The third-order valence-corrected chi connectivity index (χ3v) is 2.07. The van der Waals surface area contributed by atoms with E-state index in [0.717, 1.165) is 6.61 Å². The van der Waals surface area contributed by atoms with Crippen LogP contribution in [0.2, 0.25) is 0 Å². The van der Waals surface area contributed by atoms with Crippen molar-refractivity contribution in [2.24, 2.45) is 0 Å². The molecule has 1 N–H and O–H groups in total. The second-order valence-corrected chi connectivity index (χ2v) is 3.17. The van der Waals surface area contributed by atoms with Crippen LogP contribution < -0.4 is 0 Å². The SMILES string of the molecule is Cc1ccc2cc1-2.OCC1CO1. The molecule has 0 amide bonds. The van der Waals surface area contributed by atoms with Gasteiger partial charge in [0.2, 0.25) is 0 Å². The first-order chi connectivity index (χ1) is 5.81. The van der Waals surface area contributed by atoms with Crippen molar-refractivity contribution >= 4 is 0 Å². The summed E-state index contributed by atoms with van der Waals surface area (Å²) in [5.74, 6) is 0. The highest BCUT2D eigenvalue weighted by atomic mass is 16.6. The Kier molecular flexibility index (Phi) is 1.87. The van der Waals surface area contributed by atoms with Crippen LogP contribution in [0.5, 0.6) is 0 Å². The summed E-state index contributed by atoms with van der Waals surface area (Å²) in [4.78, 5) is 0. The van der Waals surface area contributed by atoms with E-state index >= 15 is 0 Å². The zero-order valence-corrected chi connectivity index (χ0v) is 7.08. The van der Waals surface area contributed by atoms with E-state index in [2.05, 4.69) is 29.9 Å². The van der Waals surface area contributed by atoms with Gasteiger partial charge in [-0.1, -0.05) is 12.1 Å². The van der Waals surface area contributed by atoms with E-state index in [4.69, 9.17) is 5.11 Å². The fraction of sp³-hybridized carbons (Fsp3) is 0.400. The van der Waals surface area contributed by atoms with Crippen molar-refractivity contribution in [1.29, 1.82) is 0 Å². The van der Waals surface area contributed by atoms with Gasteiger partial charge >= 0.3 is 0 Å². The number of rotatable bonds is 1. The third kappa shape index (κ3) is 1.65. The Morgan fingerprint density at radius 2 is 2.33 bits per heavy atom. The van der Waals surface area contributed by atoms with Gasteiger partial charge in [0.1, 0.15) is 6.10 Å². The molecule has 3 rings (SSSR count). The molecule has 3 aliphatic rings. The number of fused-ring (bicyclic) bond motifs is 1. The van der Waals surface area contributed by atoms with Crippen molar-refractivity contribution in [3.05, 3.63) is 23.8 Å². The van der Waals surface area contributed by atoms with Gasteiger partial charge in [0.15, 0.2) is 0 Å². The lowest BCUT2D eigenvalue weighted by atomic mass is 10.3. The monoisotopic (exact) mass is 164 g/mol. The molecular weight excluding hydrogens is 152 g/mol. The van der Waals surface area contributed by atoms with Crippen molar-refractivity contribution in [3.63, 3.8) is 0 Å². The van der Waals surface area contributed by atoms with Crippen LogP contribution in [0.4, 0.5) is 0 Å². The van der Waals surface area contributed by atoms with Crippen LogP contribution in [-0.4, -0.2) is 24.4 Å². The fourth-order valence-corrected chi connectivity index (χ4v) is 1.08. The van der Waals surface area contributed by atoms with E-state index in [1.54, 1.807) is 0 Å². The van der Waals surface area contributed by atoms with Crippen LogP contribution >= 0.6 is 0 Å². The topological polar surface area (TPSA) is 32.8 Å². The van der Waals surface area contributed by atoms with Crippen LogP contribution in [0.25, 0.3) is 11.1 Å². The summed E-state index contributed by atoms with van der Waals surface area (Å²) in [6.07, 6.45) is 0.190. The lowest BCUT2D eigenvalue weighted by Gasteiger charge is -1.71. The molecule has 2 heteroatoms. The number of ether oxygens (including phenoxy) is 1. The lowest BCUT2D eigenvalue weighted by molar-refractivity contribution is 0.244. The summed E-state index contributed by atoms with van der Waals surface area (Å²) < 4.78 is 4.61. The summed E-state index contributed by atoms with van der Waals surface area (Å²) >= 11 is 0. The van der Waals surface area contributed by atoms with Crippen molar-refractivity contribution < 1.29 is 9.84 Å². The zero-order chi connectivity index (χ0) is 8.55. The number of aryl methyl sites for hydroxylation is 1. The second kappa shape index (κ2) is 2.88. The Balaban J connectivity index is 0.000000100. The minimum atomic E-state index is 0.190. The first-order valence-corrected chi connectivity index (χ1v) is 4.15. The van der Waals surface area contributed by atoms with Crippen LogP contribution in [-0.2, 0) is 4.74 Å². The van der Waals surface area contributed by atoms with E-state index in [9.17, 15) is 0 Å². The molecule has 1 unspecified atom stereocenters. The van der Waals surface area contributed by atoms with Crippen LogP contribution in [0.15, 0.2) is 18.2 Å². The highest BCUT2D eigenvalue weighted by molar-refractivity contribution is 5.84. The molecule has 1 aliphatic heterocycles. The predicted octanol–water partition coefficient (Wildman–Crippen LogP) is 1.35. The fourth-order valence-electron chi connectivity index (χ4n) is 1.08. The largest absolute Gasteiger partial charge is 0.394 e. The number of benzene rings is 1. The molecule has 1 atom stereocenters. The second-order valence-electron chi connectivity index (χ2n) is 3.17. The van der Waals surface area contributed by atoms with Gasteiger partial charge in [0, 0.05) is 0 Å². The molecular formula is C10H12O2. The highest BCUT2D eigenvalue weighted by Crippen LogP contribution is 2.37. The minimum absolute atomic E-state index is 0.190. The predicted molar refractivity (Wildman–Crippen MR) is 47.0 cm³/mol. The summed E-state index contributed by atoms with van der Waals surface area (Å²) in [5.41, 5.74) is 4.34. The molecule has 1 fully saturated rings. The molecule has 12 heavy (non-hydrogen) atoms. The van der Waals surface area contributed by atoms with E-state index < -0.39 is 0 Å². The molecule has 0 aromatic carbocycles. The molecule has 64 valence electrons. The van der Waals surface area contributed by atoms with E-state index in [1.807, 2.05) is 0 Å². The average Bonchev–Trinajstić information content (AvgIpc) is 2.99. The molecule has 1 heterocycles. The molecule has 2 aliphatic carbocycles. The Bertz CT molecular complexity index is 290. The average molecular weight is 164 g/mol. The smallest absolute Gasteiger partial charge is 0.104 e. The molecule has 1 saturated heterocycles. The molecule has 2 nitrogen and oxygen atoms in total. The summed E-state index contributed by atoms with van der Waals surface area (Å²) in [6.45, 7) is 3.10. The number of hydrogen-bond acceptors (Lipinski definition) is 2. The molecule has 0 radical (unpaired) electrons. The van der Waals surface area contributed by atoms with Gasteiger partial charge in [0.25, 0.3) is 0 Å². The maximum atomic E-state index is 8.08. The van der Waals surface area contributed by atoms with Crippen molar-refractivity contribution in [3.8, 4) is 11.1 Å². The van der Waals surface area contributed by atoms with Crippen LogP contribution in [0.1, 0.15) is 5.56 Å². The highest BCUT2D eigenvalue weighted by Gasteiger charge is 2.19. The third-order valence-electron chi connectivity index (χ3n) is 2.07. The quantitative estimate of drug-likeness (QED) is 0.645. The van der Waals surface area contributed by atoms with Crippen LogP contribution in [0.3, 0.4) is 0 Å². The molecule has 0 aromatic rings. The summed E-state index contributed by atoms with van der Waals surface area (Å²) in [7, 11) is 0. The van der Waals surface area contributed by atoms with Crippen LogP contribution in [0, 0.1) is 6.92 Å². The standard InChI is InChI=1S/C7H6.C3H6O2/c1-5-2-3-6-4-7(5)6;4-1-3-2-5-3/h2-4H,1H3;3-4H,1-2H2. The van der Waals surface area contributed by atoms with Gasteiger partial charge in [-0.15, -0.1) is 0 Å². The summed E-state index contributed by atoms with van der Waals surface area (Å²) in [6, 6.07) is 6.52. The Labute approximate surface area is 71.8 Å². The van der Waals surface area contributed by atoms with E-state index in [-0.39, 0.29) is 12.7 Å². The lowest BCUT2D eigenvalue weighted by Crippen LogP contribution is -1.88. The maximum Gasteiger partial charge on any atom is 0.104 e. The number of epoxide rings is 1. The number of aliphatic hydroxyl groups is 1. The zero-order valence-electron chi connectivity index (χ0n) is 7.08. The summed E-state index contributed by atoms with van der Waals surface area (Å²) in [5, 5.41) is 8.08. The first kappa shape index (κ1) is 7.77. The molecule has 0 aromatic heterocycles. The first-order valence-electron chi connectivity index (χ1n) is 4.15. The van der Waals surface area contributed by atoms with E-state index in [1.165, 1.54) is 16.7 Å². The molecule has 0 saturated carbocycles. The molecule has 0 bridgehead atoms. The van der Waals surface area contributed by atoms with Gasteiger partial charge in [-0.2, -0.15) is 0 Å². The maximum absolute atomic E-state index is 8.08. The Morgan fingerprint density at radius 3 is 2.42 bits per heavy atom. The number of hydrogen-bond donors (Lipinski definition) is 1.